The normalized spacial score (nSPS) is 12.4. The molecule has 1 aromatic rings. The van der Waals surface area contributed by atoms with Crippen LogP contribution in [0, 0.1) is 0 Å². The van der Waals surface area contributed by atoms with Crippen LogP contribution in [0.5, 0.6) is 5.75 Å². The first kappa shape index (κ1) is 16.3. The minimum atomic E-state index is 0.243. The second-order valence-electron chi connectivity index (χ2n) is 4.33. The van der Waals surface area contributed by atoms with Crippen molar-refractivity contribution in [2.24, 2.45) is 0 Å². The van der Waals surface area contributed by atoms with E-state index in [0.29, 0.717) is 6.04 Å². The first-order valence-electron chi connectivity index (χ1n) is 6.96. The van der Waals surface area contributed by atoms with Gasteiger partial charge in [0.2, 0.25) is 0 Å². The molecule has 0 amide bonds. The van der Waals surface area contributed by atoms with Gasteiger partial charge in [0.1, 0.15) is 5.75 Å². The molecule has 2 N–H and O–H groups in total. The molecule has 0 fully saturated rings. The molecular formula is C15H25NO2S. The van der Waals surface area contributed by atoms with Crippen molar-refractivity contribution >= 4 is 11.8 Å². The summed E-state index contributed by atoms with van der Waals surface area (Å²) in [6, 6.07) is 8.65. The van der Waals surface area contributed by atoms with Crippen LogP contribution in [0.3, 0.4) is 0 Å². The average Bonchev–Trinajstić information content (AvgIpc) is 2.45. The number of hydrogen-bond acceptors (Lipinski definition) is 4. The van der Waals surface area contributed by atoms with Crippen molar-refractivity contribution in [3.05, 3.63) is 29.8 Å². The highest BCUT2D eigenvalue weighted by Gasteiger charge is 2.10. The number of thioether (sulfide) groups is 1. The zero-order chi connectivity index (χ0) is 13.9. The number of rotatable bonds is 10. The van der Waals surface area contributed by atoms with E-state index in [1.54, 1.807) is 11.8 Å². The van der Waals surface area contributed by atoms with Crippen molar-refractivity contribution in [2.45, 2.75) is 26.3 Å². The standard InChI is InChI=1S/C15H25NO2S/c1-3-10-18-14-7-5-13(6-8-14)15(16-4-2)12-19-11-9-17/h5-8,15-17H,3-4,9-12H2,1-2H3. The van der Waals surface area contributed by atoms with Gasteiger partial charge in [-0.3, -0.25) is 0 Å². The maximum absolute atomic E-state index is 8.84. The Labute approximate surface area is 120 Å². The zero-order valence-electron chi connectivity index (χ0n) is 11.9. The molecule has 0 saturated carbocycles. The summed E-state index contributed by atoms with van der Waals surface area (Å²) in [6.45, 7) is 6.17. The molecule has 1 atom stereocenters. The van der Waals surface area contributed by atoms with E-state index in [1.807, 2.05) is 12.1 Å². The van der Waals surface area contributed by atoms with Gasteiger partial charge in [0.15, 0.2) is 0 Å². The topological polar surface area (TPSA) is 41.5 Å². The molecule has 0 bridgehead atoms. The lowest BCUT2D eigenvalue weighted by Gasteiger charge is -2.18. The van der Waals surface area contributed by atoms with Gasteiger partial charge in [-0.1, -0.05) is 26.0 Å². The fourth-order valence-corrected chi connectivity index (χ4v) is 2.64. The summed E-state index contributed by atoms with van der Waals surface area (Å²) in [5.74, 6) is 2.70. The van der Waals surface area contributed by atoms with E-state index in [4.69, 9.17) is 9.84 Å². The fourth-order valence-electron chi connectivity index (χ4n) is 1.80. The molecule has 0 aromatic heterocycles. The van der Waals surface area contributed by atoms with Crippen molar-refractivity contribution < 1.29 is 9.84 Å². The summed E-state index contributed by atoms with van der Waals surface area (Å²) in [7, 11) is 0. The lowest BCUT2D eigenvalue weighted by Crippen LogP contribution is -2.23. The van der Waals surface area contributed by atoms with Gasteiger partial charge in [0.05, 0.1) is 13.2 Å². The summed E-state index contributed by atoms with van der Waals surface area (Å²) in [5.41, 5.74) is 1.27. The second-order valence-corrected chi connectivity index (χ2v) is 5.48. The Morgan fingerprint density at radius 3 is 2.58 bits per heavy atom. The summed E-state index contributed by atoms with van der Waals surface area (Å²) in [4.78, 5) is 0. The molecule has 0 radical (unpaired) electrons. The lowest BCUT2D eigenvalue weighted by molar-refractivity contribution is 0.317. The van der Waals surface area contributed by atoms with Crippen LogP contribution in [-0.4, -0.2) is 36.4 Å². The van der Waals surface area contributed by atoms with Gasteiger partial charge in [-0.2, -0.15) is 11.8 Å². The molecule has 0 heterocycles. The van der Waals surface area contributed by atoms with Gasteiger partial charge in [-0.25, -0.2) is 0 Å². The minimum absolute atomic E-state index is 0.243. The van der Waals surface area contributed by atoms with Crippen LogP contribution in [0.25, 0.3) is 0 Å². The van der Waals surface area contributed by atoms with Crippen molar-refractivity contribution in [3.63, 3.8) is 0 Å². The molecule has 0 aliphatic carbocycles. The van der Waals surface area contributed by atoms with E-state index in [0.717, 1.165) is 36.8 Å². The Hall–Kier alpha value is -0.710. The van der Waals surface area contributed by atoms with Crippen LogP contribution in [0.4, 0.5) is 0 Å². The van der Waals surface area contributed by atoms with Gasteiger partial charge in [0.25, 0.3) is 0 Å². The molecule has 0 saturated heterocycles. The van der Waals surface area contributed by atoms with E-state index >= 15 is 0 Å². The molecule has 3 nitrogen and oxygen atoms in total. The van der Waals surface area contributed by atoms with Crippen LogP contribution >= 0.6 is 11.8 Å². The number of ether oxygens (including phenoxy) is 1. The van der Waals surface area contributed by atoms with Gasteiger partial charge in [0, 0.05) is 17.5 Å². The smallest absolute Gasteiger partial charge is 0.119 e. The van der Waals surface area contributed by atoms with Crippen LogP contribution in [0.15, 0.2) is 24.3 Å². The Bertz CT molecular complexity index is 329. The molecule has 4 heteroatoms. The van der Waals surface area contributed by atoms with Gasteiger partial charge < -0.3 is 15.2 Å². The Morgan fingerprint density at radius 2 is 2.00 bits per heavy atom. The van der Waals surface area contributed by atoms with Crippen LogP contribution < -0.4 is 10.1 Å². The maximum Gasteiger partial charge on any atom is 0.119 e. The Balaban J connectivity index is 2.57. The van der Waals surface area contributed by atoms with E-state index in [-0.39, 0.29) is 6.61 Å². The largest absolute Gasteiger partial charge is 0.494 e. The summed E-state index contributed by atoms with van der Waals surface area (Å²) in [5, 5.41) is 12.3. The molecule has 0 aliphatic heterocycles. The summed E-state index contributed by atoms with van der Waals surface area (Å²) >= 11 is 1.77. The Morgan fingerprint density at radius 1 is 1.26 bits per heavy atom. The predicted molar refractivity (Wildman–Crippen MR) is 83.1 cm³/mol. The second kappa shape index (κ2) is 10.1. The number of aliphatic hydroxyl groups is 1. The van der Waals surface area contributed by atoms with Crippen molar-refractivity contribution in [1.29, 1.82) is 0 Å². The number of nitrogens with one attached hydrogen (secondary N) is 1. The fraction of sp³-hybridized carbons (Fsp3) is 0.600. The van der Waals surface area contributed by atoms with Crippen LogP contribution in [0.2, 0.25) is 0 Å². The molecule has 1 aromatic carbocycles. The van der Waals surface area contributed by atoms with Gasteiger partial charge in [-0.15, -0.1) is 0 Å². The number of hydrogen-bond donors (Lipinski definition) is 2. The Kier molecular flexibility index (Phi) is 8.71. The zero-order valence-corrected chi connectivity index (χ0v) is 12.7. The first-order chi connectivity index (χ1) is 9.31. The summed E-state index contributed by atoms with van der Waals surface area (Å²) < 4.78 is 5.59. The van der Waals surface area contributed by atoms with Crippen LogP contribution in [0.1, 0.15) is 31.9 Å². The minimum Gasteiger partial charge on any atom is -0.494 e. The van der Waals surface area contributed by atoms with E-state index in [1.165, 1.54) is 5.56 Å². The SMILES string of the molecule is CCCOc1ccc(C(CSCCO)NCC)cc1. The number of benzene rings is 1. The highest BCUT2D eigenvalue weighted by Crippen LogP contribution is 2.21. The monoisotopic (exact) mass is 283 g/mol. The predicted octanol–water partition coefficient (Wildman–Crippen LogP) is 2.85. The van der Waals surface area contributed by atoms with E-state index in [9.17, 15) is 0 Å². The quantitative estimate of drug-likeness (QED) is 0.648. The molecule has 1 unspecified atom stereocenters. The summed E-state index contributed by atoms with van der Waals surface area (Å²) in [6.07, 6.45) is 1.03. The van der Waals surface area contributed by atoms with Crippen LogP contribution in [-0.2, 0) is 0 Å². The average molecular weight is 283 g/mol. The number of aliphatic hydroxyl groups excluding tert-OH is 1. The molecule has 108 valence electrons. The first-order valence-corrected chi connectivity index (χ1v) is 8.12. The van der Waals surface area contributed by atoms with Gasteiger partial charge >= 0.3 is 0 Å². The maximum atomic E-state index is 8.84. The molecule has 0 spiro atoms. The third kappa shape index (κ3) is 6.32. The third-order valence-corrected chi connectivity index (χ3v) is 3.77. The molecule has 1 rings (SSSR count). The highest BCUT2D eigenvalue weighted by atomic mass is 32.2. The lowest BCUT2D eigenvalue weighted by atomic mass is 10.1. The highest BCUT2D eigenvalue weighted by molar-refractivity contribution is 7.99. The molecule has 0 aliphatic rings. The molecular weight excluding hydrogens is 258 g/mol. The third-order valence-electron chi connectivity index (χ3n) is 2.73. The molecule has 19 heavy (non-hydrogen) atoms. The van der Waals surface area contributed by atoms with Crippen molar-refractivity contribution in [2.75, 3.05) is 31.3 Å². The van der Waals surface area contributed by atoms with E-state index in [2.05, 4.69) is 31.3 Å². The van der Waals surface area contributed by atoms with Gasteiger partial charge in [-0.05, 0) is 30.7 Å². The van der Waals surface area contributed by atoms with E-state index < -0.39 is 0 Å². The van der Waals surface area contributed by atoms with Crippen molar-refractivity contribution in [3.8, 4) is 5.75 Å². The van der Waals surface area contributed by atoms with Crippen molar-refractivity contribution in [1.82, 2.24) is 5.32 Å².